The highest BCUT2D eigenvalue weighted by molar-refractivity contribution is 5.64. The number of hydrogen-bond donors (Lipinski definition) is 3. The fourth-order valence-electron chi connectivity index (χ4n) is 0.411. The lowest BCUT2D eigenvalue weighted by Gasteiger charge is -2.06. The molecular weight excluding hydrogens is 138 g/mol. The molecule has 0 rings (SSSR count). The molecule has 1 unspecified atom stereocenters. The molecule has 0 saturated carbocycles. The molecule has 0 bridgehead atoms. The number of rotatable bonds is 4. The number of nitrogens with two attached hydrogens (primary N) is 1. The molecule has 5 heteroatoms. The minimum Gasteiger partial charge on any atom is -0.447 e. The van der Waals surface area contributed by atoms with E-state index in [1.165, 1.54) is 0 Å². The van der Waals surface area contributed by atoms with E-state index in [0.29, 0.717) is 0 Å². The van der Waals surface area contributed by atoms with E-state index in [4.69, 9.17) is 10.2 Å². The molecule has 0 aromatic heterocycles. The van der Waals surface area contributed by atoms with E-state index in [1.807, 2.05) is 0 Å². The standard InChI is InChI=1S/C5H11NO4/c6-5(9)10-3-4(8)1-2-7/h4,7-8H,1-3H2,(H2,6,9). The summed E-state index contributed by atoms with van der Waals surface area (Å²) in [5, 5.41) is 17.1. The summed E-state index contributed by atoms with van der Waals surface area (Å²) in [6, 6.07) is 0. The van der Waals surface area contributed by atoms with Gasteiger partial charge in [-0.25, -0.2) is 4.79 Å². The average Bonchev–Trinajstić information content (AvgIpc) is 1.85. The first kappa shape index (κ1) is 9.19. The van der Waals surface area contributed by atoms with Crippen LogP contribution in [0.2, 0.25) is 0 Å². The second-order valence-electron chi connectivity index (χ2n) is 1.80. The summed E-state index contributed by atoms with van der Waals surface area (Å²) in [6.45, 7) is -0.292. The lowest BCUT2D eigenvalue weighted by atomic mass is 10.3. The zero-order valence-corrected chi connectivity index (χ0v) is 5.49. The second-order valence-corrected chi connectivity index (χ2v) is 1.80. The first-order chi connectivity index (χ1) is 4.66. The van der Waals surface area contributed by atoms with Gasteiger partial charge in [-0.05, 0) is 6.42 Å². The fraction of sp³-hybridized carbons (Fsp3) is 0.800. The minimum atomic E-state index is -0.919. The molecule has 0 fully saturated rings. The Labute approximate surface area is 58.4 Å². The van der Waals surface area contributed by atoms with Crippen LogP contribution in [0.15, 0.2) is 0 Å². The van der Waals surface area contributed by atoms with Crippen molar-refractivity contribution in [2.75, 3.05) is 13.2 Å². The zero-order valence-electron chi connectivity index (χ0n) is 5.49. The van der Waals surface area contributed by atoms with Crippen molar-refractivity contribution in [2.45, 2.75) is 12.5 Å². The number of carbonyl (C=O) groups excluding carboxylic acids is 1. The first-order valence-electron chi connectivity index (χ1n) is 2.88. The normalized spacial score (nSPS) is 12.6. The fourth-order valence-corrected chi connectivity index (χ4v) is 0.411. The van der Waals surface area contributed by atoms with E-state index in [2.05, 4.69) is 10.5 Å². The number of hydrogen-bond acceptors (Lipinski definition) is 4. The summed E-state index contributed by atoms with van der Waals surface area (Å²) in [7, 11) is 0. The van der Waals surface area contributed by atoms with Gasteiger partial charge in [-0.15, -0.1) is 0 Å². The Bertz CT molecular complexity index is 106. The summed E-state index contributed by atoms with van der Waals surface area (Å²) >= 11 is 0. The van der Waals surface area contributed by atoms with Gasteiger partial charge in [0.05, 0.1) is 6.10 Å². The van der Waals surface area contributed by atoms with Crippen molar-refractivity contribution in [3.63, 3.8) is 0 Å². The van der Waals surface area contributed by atoms with Crippen LogP contribution in [0.5, 0.6) is 0 Å². The summed E-state index contributed by atoms with van der Waals surface area (Å²) in [5.41, 5.74) is 4.60. The molecule has 0 aromatic carbocycles. The highest BCUT2D eigenvalue weighted by Gasteiger charge is 2.04. The minimum absolute atomic E-state index is 0.136. The number of aliphatic hydroxyl groups excluding tert-OH is 2. The van der Waals surface area contributed by atoms with Crippen LogP contribution in [0.1, 0.15) is 6.42 Å². The summed E-state index contributed by atoms with van der Waals surface area (Å²) in [5.74, 6) is 0. The molecule has 0 heterocycles. The molecule has 10 heavy (non-hydrogen) atoms. The van der Waals surface area contributed by atoms with Crippen molar-refractivity contribution in [1.29, 1.82) is 0 Å². The molecule has 0 radical (unpaired) electrons. The van der Waals surface area contributed by atoms with Crippen molar-refractivity contribution in [1.82, 2.24) is 0 Å². The topological polar surface area (TPSA) is 92.8 Å². The Hall–Kier alpha value is -0.810. The van der Waals surface area contributed by atoms with Gasteiger partial charge < -0.3 is 20.7 Å². The molecule has 0 saturated heterocycles. The molecule has 0 aromatic rings. The van der Waals surface area contributed by atoms with Gasteiger partial charge in [0.2, 0.25) is 0 Å². The van der Waals surface area contributed by atoms with Crippen LogP contribution in [0.3, 0.4) is 0 Å². The third kappa shape index (κ3) is 5.33. The molecule has 1 amide bonds. The highest BCUT2D eigenvalue weighted by atomic mass is 16.6. The van der Waals surface area contributed by atoms with Crippen LogP contribution >= 0.6 is 0 Å². The van der Waals surface area contributed by atoms with E-state index >= 15 is 0 Å². The molecule has 0 aliphatic heterocycles. The van der Waals surface area contributed by atoms with Crippen LogP contribution < -0.4 is 5.73 Å². The van der Waals surface area contributed by atoms with E-state index in [-0.39, 0.29) is 19.6 Å². The first-order valence-corrected chi connectivity index (χ1v) is 2.88. The quantitative estimate of drug-likeness (QED) is 0.469. The SMILES string of the molecule is NC(=O)OCC(O)CCO. The van der Waals surface area contributed by atoms with Gasteiger partial charge in [0.15, 0.2) is 0 Å². The smallest absolute Gasteiger partial charge is 0.404 e. The number of amides is 1. The van der Waals surface area contributed by atoms with Crippen LogP contribution in [0, 0.1) is 0 Å². The number of primary amides is 1. The summed E-state index contributed by atoms with van der Waals surface area (Å²) in [6.07, 6.45) is -1.55. The molecule has 5 nitrogen and oxygen atoms in total. The predicted molar refractivity (Wildman–Crippen MR) is 33.2 cm³/mol. The predicted octanol–water partition coefficient (Wildman–Crippen LogP) is -1.18. The third-order valence-corrected chi connectivity index (χ3v) is 0.880. The second kappa shape index (κ2) is 5.01. The largest absolute Gasteiger partial charge is 0.447 e. The van der Waals surface area contributed by atoms with E-state index in [0.717, 1.165) is 0 Å². The Morgan fingerprint density at radius 2 is 2.30 bits per heavy atom. The van der Waals surface area contributed by atoms with Crippen molar-refractivity contribution in [3.8, 4) is 0 Å². The average molecular weight is 149 g/mol. The highest BCUT2D eigenvalue weighted by Crippen LogP contribution is 1.90. The molecule has 4 N–H and O–H groups in total. The van der Waals surface area contributed by atoms with Gasteiger partial charge >= 0.3 is 6.09 Å². The van der Waals surface area contributed by atoms with Crippen LogP contribution in [-0.2, 0) is 4.74 Å². The van der Waals surface area contributed by atoms with E-state index in [1.54, 1.807) is 0 Å². The maximum Gasteiger partial charge on any atom is 0.404 e. The van der Waals surface area contributed by atoms with Gasteiger partial charge in [0.1, 0.15) is 6.61 Å². The van der Waals surface area contributed by atoms with E-state index in [9.17, 15) is 4.79 Å². The van der Waals surface area contributed by atoms with Crippen molar-refractivity contribution >= 4 is 6.09 Å². The number of ether oxygens (including phenoxy) is 1. The van der Waals surface area contributed by atoms with Gasteiger partial charge in [-0.1, -0.05) is 0 Å². The number of aliphatic hydroxyl groups is 2. The Balaban J connectivity index is 3.21. The van der Waals surface area contributed by atoms with E-state index < -0.39 is 12.2 Å². The Morgan fingerprint density at radius 3 is 2.70 bits per heavy atom. The van der Waals surface area contributed by atoms with Crippen molar-refractivity contribution in [3.05, 3.63) is 0 Å². The van der Waals surface area contributed by atoms with Crippen molar-refractivity contribution < 1.29 is 19.7 Å². The molecule has 0 aliphatic carbocycles. The lowest BCUT2D eigenvalue weighted by molar-refractivity contribution is 0.0566. The maximum absolute atomic E-state index is 9.93. The molecule has 60 valence electrons. The van der Waals surface area contributed by atoms with Crippen molar-refractivity contribution in [2.24, 2.45) is 5.73 Å². The lowest BCUT2D eigenvalue weighted by Crippen LogP contribution is -2.22. The van der Waals surface area contributed by atoms with Gasteiger partial charge in [-0.2, -0.15) is 0 Å². The molecular formula is C5H11NO4. The third-order valence-electron chi connectivity index (χ3n) is 0.880. The monoisotopic (exact) mass is 149 g/mol. The molecule has 0 spiro atoms. The van der Waals surface area contributed by atoms with Gasteiger partial charge in [-0.3, -0.25) is 0 Å². The van der Waals surface area contributed by atoms with Gasteiger partial charge in [0, 0.05) is 6.61 Å². The van der Waals surface area contributed by atoms with Crippen LogP contribution in [-0.4, -0.2) is 35.6 Å². The van der Waals surface area contributed by atoms with Crippen LogP contribution in [0.25, 0.3) is 0 Å². The molecule has 1 atom stereocenters. The Kier molecular flexibility index (Phi) is 4.61. The van der Waals surface area contributed by atoms with Gasteiger partial charge in [0.25, 0.3) is 0 Å². The van der Waals surface area contributed by atoms with Crippen LogP contribution in [0.4, 0.5) is 4.79 Å². The zero-order chi connectivity index (χ0) is 7.98. The number of carbonyl (C=O) groups is 1. The summed E-state index contributed by atoms with van der Waals surface area (Å²) in [4.78, 5) is 9.93. The maximum atomic E-state index is 9.93. The summed E-state index contributed by atoms with van der Waals surface area (Å²) < 4.78 is 4.23. The molecule has 0 aliphatic rings. The Morgan fingerprint density at radius 1 is 1.70 bits per heavy atom.